The van der Waals surface area contributed by atoms with Gasteiger partial charge in [0, 0.05) is 22.1 Å². The summed E-state index contributed by atoms with van der Waals surface area (Å²) in [5.74, 6) is -1.92. The number of hydrogen-bond donors (Lipinski definition) is 0. The second-order valence-electron chi connectivity index (χ2n) is 14.3. The predicted octanol–water partition coefficient (Wildman–Crippen LogP) is -2.06. The van der Waals surface area contributed by atoms with Crippen molar-refractivity contribution in [3.8, 4) is 0 Å². The van der Waals surface area contributed by atoms with E-state index >= 15 is 0 Å². The zero-order valence-corrected chi connectivity index (χ0v) is 44.2. The molecule has 0 radical (unpaired) electrons. The number of rotatable bonds is 12. The Hall–Kier alpha value is -0.650. The molecule has 0 heterocycles. The number of ether oxygens (including phenoxy) is 1. The number of halogens is 6. The minimum atomic E-state index is -5.89. The molecule has 0 saturated heterocycles. The molecule has 2 aromatic carbocycles. The third-order valence-corrected chi connectivity index (χ3v) is 14.0. The molecule has 6 rings (SSSR count). The summed E-state index contributed by atoms with van der Waals surface area (Å²) in [5, 5.41) is 12.5. The van der Waals surface area contributed by atoms with E-state index < -0.39 is 79.7 Å². The van der Waals surface area contributed by atoms with E-state index in [0.717, 1.165) is 23.8 Å². The van der Waals surface area contributed by atoms with Gasteiger partial charge in [-0.25, -0.2) is 30.0 Å². The Morgan fingerprint density at radius 3 is 1.63 bits per heavy atom. The second kappa shape index (κ2) is 23.6. The van der Waals surface area contributed by atoms with Gasteiger partial charge < -0.3 is 18.7 Å². The molecule has 2 unspecified atom stereocenters. The van der Waals surface area contributed by atoms with Gasteiger partial charge in [-0.05, 0) is 92.0 Å². The topological polar surface area (TPSA) is 226 Å². The van der Waals surface area contributed by atoms with Crippen molar-refractivity contribution >= 4 is 69.8 Å². The Labute approximate surface area is 460 Å². The number of carbonyl (C=O) groups is 1. The van der Waals surface area contributed by atoms with Gasteiger partial charge in [0.2, 0.25) is 0 Å². The molecule has 0 N–H and O–H groups in total. The maximum Gasteiger partial charge on any atom is 1.00 e. The molecule has 14 nitrogen and oxygen atoms in total. The minimum Gasteiger partial charge on any atom is -0.861 e. The summed E-state index contributed by atoms with van der Waals surface area (Å²) >= 11 is 0. The normalized spacial score (nSPS) is 21.7. The zero-order valence-electron chi connectivity index (χ0n) is 34.7. The smallest absolute Gasteiger partial charge is 0.861 e. The van der Waals surface area contributed by atoms with Crippen LogP contribution in [0, 0.1) is 17.3 Å². The number of nitrogens with zero attached hydrogens (tertiary/aromatic N) is 3. The first-order chi connectivity index (χ1) is 27.2. The van der Waals surface area contributed by atoms with Gasteiger partial charge >= 0.3 is 149 Å². The van der Waals surface area contributed by atoms with Gasteiger partial charge in [-0.15, -0.1) is 12.3 Å². The van der Waals surface area contributed by atoms with Crippen molar-refractivity contribution in [1.82, 2.24) is 0 Å². The maximum absolute atomic E-state index is 12.6. The molecule has 4 saturated carbocycles. The van der Waals surface area contributed by atoms with Crippen LogP contribution in [0.1, 0.15) is 62.1 Å². The van der Waals surface area contributed by atoms with Gasteiger partial charge in [-0.3, -0.25) is 0 Å². The fourth-order valence-electron chi connectivity index (χ4n) is 7.15. The average molecular weight is 1020 g/mol. The van der Waals surface area contributed by atoms with Gasteiger partial charge in [-0.2, -0.15) is 39.2 Å². The number of alkyl halides is 6. The van der Waals surface area contributed by atoms with E-state index in [1.165, 1.54) is 49.4 Å². The molecule has 332 valence electrons. The van der Waals surface area contributed by atoms with Gasteiger partial charge in [-0.1, -0.05) is 68.3 Å². The number of esters is 1. The third kappa shape index (κ3) is 17.1. The van der Waals surface area contributed by atoms with Crippen molar-refractivity contribution in [2.75, 3.05) is 6.26 Å². The Bertz CT molecular complexity index is 2490. The number of hydrogen-bond acceptors (Lipinski definition) is 11. The molecule has 4 aliphatic rings. The molecule has 0 spiro atoms. The molecular formula is C36H38F6K2LiN3O11S4. The van der Waals surface area contributed by atoms with E-state index in [1.807, 2.05) is 0 Å². The summed E-state index contributed by atoms with van der Waals surface area (Å²) in [6.45, 7) is 15.2. The van der Waals surface area contributed by atoms with Crippen LogP contribution in [0.15, 0.2) is 89.7 Å². The van der Waals surface area contributed by atoms with E-state index in [1.54, 1.807) is 18.2 Å². The minimum absolute atomic E-state index is 0. The van der Waals surface area contributed by atoms with E-state index in [0.29, 0.717) is 12.8 Å². The Morgan fingerprint density at radius 2 is 1.25 bits per heavy atom. The quantitative estimate of drug-likeness (QED) is 0.0562. The summed E-state index contributed by atoms with van der Waals surface area (Å²) < 4.78 is 176. The van der Waals surface area contributed by atoms with Gasteiger partial charge in [0.15, 0.2) is 10.0 Å². The van der Waals surface area contributed by atoms with Crippen LogP contribution in [-0.2, 0) is 49.6 Å². The van der Waals surface area contributed by atoms with Crippen molar-refractivity contribution in [3.05, 3.63) is 106 Å². The van der Waals surface area contributed by atoms with Crippen LogP contribution in [0.3, 0.4) is 0 Å². The summed E-state index contributed by atoms with van der Waals surface area (Å²) in [6.07, 6.45) is 6.17. The van der Waals surface area contributed by atoms with Crippen molar-refractivity contribution in [3.63, 3.8) is 0 Å². The van der Waals surface area contributed by atoms with E-state index in [-0.39, 0.29) is 169 Å². The first kappa shape index (κ1) is 62.4. The Morgan fingerprint density at radius 1 is 0.810 bits per heavy atom. The first-order valence-electron chi connectivity index (χ1n) is 17.0. The number of sulfonamides is 4. The van der Waals surface area contributed by atoms with E-state index in [9.17, 15) is 69.9 Å². The van der Waals surface area contributed by atoms with Gasteiger partial charge in [0.1, 0.15) is 15.6 Å². The third-order valence-electron chi connectivity index (χ3n) is 9.26. The summed E-state index contributed by atoms with van der Waals surface area (Å²) in [7, 11) is -19.5. The Balaban J connectivity index is 0.000000928. The van der Waals surface area contributed by atoms with Crippen LogP contribution >= 0.6 is 0 Å². The van der Waals surface area contributed by atoms with Gasteiger partial charge in [0.25, 0.3) is 0 Å². The first-order valence-corrected chi connectivity index (χ1v) is 23.2. The maximum atomic E-state index is 12.6. The molecule has 0 aromatic heterocycles. The predicted molar refractivity (Wildman–Crippen MR) is 209 cm³/mol. The Kier molecular flexibility index (Phi) is 23.3. The van der Waals surface area contributed by atoms with Crippen molar-refractivity contribution in [2.45, 2.75) is 67.0 Å². The standard InChI is InChI=1S/C16H20F3NO5S.C11H9F3NO2S.C9H10NO4S2.2K.Li/c1-9(2)12(21)25-15-6-10-3-11(7-15)5-14(4-10,8-15)13(22)20-26(23,24)16(17,18)19;1-3-9-4-6-10(7-5-9)8(2)15-18(16,17)11(12,13)14;1-3-8-4-6-9(7-5-8)16(13,14)10-15(2,11)12;;;/h10-11H,1,3-8H2,2H3,(H,20,22);3-7H,1-2H2;3-7H,1H2,2H3;;;/q;2*-1;3*+1/p-1. The van der Waals surface area contributed by atoms with Crippen molar-refractivity contribution in [1.29, 1.82) is 0 Å². The molecule has 0 aliphatic heterocycles. The molecule has 2 atom stereocenters. The molecular weight excluding hydrogens is 978 g/mol. The molecule has 4 fully saturated rings. The molecule has 0 amide bonds. The summed E-state index contributed by atoms with van der Waals surface area (Å²) in [6, 6.07) is 11.5. The monoisotopic (exact) mass is 1020 g/mol. The molecule has 63 heavy (non-hydrogen) atoms. The SMILES string of the molecule is C=C(C)C(=O)OC12CC3CC(C1)CC(C([O-])=NS(=O)(=O)C(F)(F)F)(C3)C2.C=Cc1ccc(C(=C)[N-]S(=O)(=O)C(F)(F)F)cc1.C=Cc1ccc(S(=O)(=O)[N-]S(C)(=O)=O)cc1.[K+].[K+].[Li+]. The van der Waals surface area contributed by atoms with Crippen LogP contribution in [0.4, 0.5) is 26.3 Å². The van der Waals surface area contributed by atoms with Crippen LogP contribution < -0.4 is 127 Å². The van der Waals surface area contributed by atoms with Gasteiger partial charge in [0.05, 0.1) is 10.0 Å². The molecule has 27 heteroatoms. The molecule has 4 aliphatic carbocycles. The van der Waals surface area contributed by atoms with E-state index in [2.05, 4.69) is 39.6 Å². The van der Waals surface area contributed by atoms with Crippen LogP contribution in [0.2, 0.25) is 0 Å². The largest absolute Gasteiger partial charge is 1.00 e. The fourth-order valence-corrected chi connectivity index (χ4v) is 10.4. The fraction of sp³-hybridized carbons (Fsp3) is 0.389. The van der Waals surface area contributed by atoms with E-state index in [4.69, 9.17) is 4.74 Å². The number of carbonyl (C=O) groups excluding carboxylic acids is 1. The molecule has 2 aromatic rings. The van der Waals surface area contributed by atoms with Crippen molar-refractivity contribution < 1.29 is 196 Å². The zero-order chi connectivity index (χ0) is 45.9. The number of benzene rings is 2. The molecule has 4 bridgehead atoms. The van der Waals surface area contributed by atoms with Crippen LogP contribution in [-0.4, -0.2) is 68.4 Å². The second-order valence-corrected chi connectivity index (χ2v) is 20.9. The van der Waals surface area contributed by atoms with Crippen LogP contribution in [0.25, 0.3) is 26.7 Å². The average Bonchev–Trinajstić information content (AvgIpc) is 3.09. The summed E-state index contributed by atoms with van der Waals surface area (Å²) in [4.78, 5) is 11.8. The van der Waals surface area contributed by atoms with Crippen LogP contribution in [0.5, 0.6) is 0 Å². The van der Waals surface area contributed by atoms with Crippen molar-refractivity contribution in [2.24, 2.45) is 21.6 Å². The summed E-state index contributed by atoms with van der Waals surface area (Å²) in [5.41, 5.74) is -11.9.